The summed E-state index contributed by atoms with van der Waals surface area (Å²) in [6, 6.07) is 4.66. The van der Waals surface area contributed by atoms with Gasteiger partial charge in [0.2, 0.25) is 0 Å². The molecule has 1 aromatic heterocycles. The summed E-state index contributed by atoms with van der Waals surface area (Å²) >= 11 is 0. The molecule has 1 saturated carbocycles. The fraction of sp³-hybridized carbons (Fsp3) is 0.583. The van der Waals surface area contributed by atoms with E-state index in [2.05, 4.69) is 17.2 Å². The first kappa shape index (κ1) is 10.4. The lowest BCUT2D eigenvalue weighted by Gasteiger charge is -2.33. The maximum absolute atomic E-state index is 5.57. The van der Waals surface area contributed by atoms with Crippen LogP contribution < -0.4 is 11.1 Å². The fourth-order valence-corrected chi connectivity index (χ4v) is 2.06. The van der Waals surface area contributed by atoms with E-state index < -0.39 is 0 Å². The molecular weight excluding hydrogens is 186 g/mol. The van der Waals surface area contributed by atoms with Gasteiger partial charge in [0.15, 0.2) is 0 Å². The number of nitrogens with zero attached hydrogens (tertiary/aromatic N) is 1. The Labute approximate surface area is 91.1 Å². The van der Waals surface area contributed by atoms with Crippen molar-refractivity contribution in [3.63, 3.8) is 0 Å². The van der Waals surface area contributed by atoms with Gasteiger partial charge in [-0.05, 0) is 30.9 Å². The molecule has 0 spiro atoms. The molecule has 0 aliphatic heterocycles. The Kier molecular flexibility index (Phi) is 3.21. The molecule has 0 radical (unpaired) electrons. The van der Waals surface area contributed by atoms with Crippen LogP contribution in [0.3, 0.4) is 0 Å². The average molecular weight is 205 g/mol. The van der Waals surface area contributed by atoms with Gasteiger partial charge in [0.1, 0.15) is 0 Å². The third-order valence-corrected chi connectivity index (χ3v) is 3.04. The molecule has 3 N–H and O–H groups in total. The fourth-order valence-electron chi connectivity index (χ4n) is 2.06. The molecule has 1 aliphatic rings. The molecule has 82 valence electrons. The minimum Gasteiger partial charge on any atom is -0.397 e. The lowest BCUT2D eigenvalue weighted by molar-refractivity contribution is 0.243. The summed E-state index contributed by atoms with van der Waals surface area (Å²) in [5, 5.41) is 3.54. The van der Waals surface area contributed by atoms with Gasteiger partial charge < -0.3 is 11.1 Å². The SMILES string of the molecule is CC1CC(NCCc2ccc(N)cn2)C1. The summed E-state index contributed by atoms with van der Waals surface area (Å²) in [5.41, 5.74) is 7.42. The largest absolute Gasteiger partial charge is 0.397 e. The van der Waals surface area contributed by atoms with E-state index in [0.29, 0.717) is 0 Å². The molecule has 1 fully saturated rings. The molecule has 3 heteroatoms. The Morgan fingerprint density at radius 1 is 1.47 bits per heavy atom. The van der Waals surface area contributed by atoms with Crippen LogP contribution >= 0.6 is 0 Å². The van der Waals surface area contributed by atoms with Crippen molar-refractivity contribution in [3.8, 4) is 0 Å². The highest BCUT2D eigenvalue weighted by molar-refractivity contribution is 5.34. The van der Waals surface area contributed by atoms with Crippen LogP contribution in [0.1, 0.15) is 25.5 Å². The van der Waals surface area contributed by atoms with Gasteiger partial charge in [-0.25, -0.2) is 0 Å². The highest BCUT2D eigenvalue weighted by Gasteiger charge is 2.23. The summed E-state index contributed by atoms with van der Waals surface area (Å²) in [6.45, 7) is 3.33. The summed E-state index contributed by atoms with van der Waals surface area (Å²) in [4.78, 5) is 4.27. The maximum atomic E-state index is 5.57. The molecule has 1 aliphatic carbocycles. The molecule has 1 aromatic rings. The molecule has 0 saturated heterocycles. The highest BCUT2D eigenvalue weighted by atomic mass is 14.9. The zero-order chi connectivity index (χ0) is 10.7. The van der Waals surface area contributed by atoms with Crippen molar-refractivity contribution >= 4 is 5.69 Å². The lowest BCUT2D eigenvalue weighted by Crippen LogP contribution is -2.40. The monoisotopic (exact) mass is 205 g/mol. The second kappa shape index (κ2) is 4.62. The van der Waals surface area contributed by atoms with E-state index in [0.717, 1.165) is 36.3 Å². The van der Waals surface area contributed by atoms with E-state index in [4.69, 9.17) is 5.73 Å². The molecule has 0 unspecified atom stereocenters. The summed E-state index contributed by atoms with van der Waals surface area (Å²) < 4.78 is 0. The van der Waals surface area contributed by atoms with Crippen molar-refractivity contribution in [1.82, 2.24) is 10.3 Å². The van der Waals surface area contributed by atoms with Crippen LogP contribution in [0.5, 0.6) is 0 Å². The smallest absolute Gasteiger partial charge is 0.0501 e. The number of nitrogens with two attached hydrogens (primary N) is 1. The Morgan fingerprint density at radius 2 is 2.27 bits per heavy atom. The topological polar surface area (TPSA) is 50.9 Å². The van der Waals surface area contributed by atoms with E-state index in [1.807, 2.05) is 12.1 Å². The van der Waals surface area contributed by atoms with Gasteiger partial charge in [0.25, 0.3) is 0 Å². The Bertz CT molecular complexity index is 301. The second-order valence-electron chi connectivity index (χ2n) is 4.56. The molecule has 0 amide bonds. The standard InChI is InChI=1S/C12H19N3/c1-9-6-12(7-9)14-5-4-11-3-2-10(13)8-15-11/h2-3,8-9,12,14H,4-7,13H2,1H3. The normalized spacial score (nSPS) is 24.9. The predicted molar refractivity (Wildman–Crippen MR) is 62.5 cm³/mol. The van der Waals surface area contributed by atoms with Crippen LogP contribution in [0.4, 0.5) is 5.69 Å². The molecule has 0 bridgehead atoms. The van der Waals surface area contributed by atoms with Crippen LogP contribution in [0.25, 0.3) is 0 Å². The number of rotatable bonds is 4. The minimum atomic E-state index is 0.736. The molecule has 3 nitrogen and oxygen atoms in total. The number of hydrogen-bond acceptors (Lipinski definition) is 3. The number of pyridine rings is 1. The predicted octanol–water partition coefficient (Wildman–Crippen LogP) is 1.59. The number of aromatic nitrogens is 1. The first-order valence-electron chi connectivity index (χ1n) is 5.68. The van der Waals surface area contributed by atoms with Gasteiger partial charge in [0, 0.05) is 24.7 Å². The number of nitrogens with one attached hydrogen (secondary N) is 1. The van der Waals surface area contributed by atoms with Crippen LogP contribution in [-0.4, -0.2) is 17.6 Å². The second-order valence-corrected chi connectivity index (χ2v) is 4.56. The molecule has 15 heavy (non-hydrogen) atoms. The van der Waals surface area contributed by atoms with Crippen LogP contribution in [0, 0.1) is 5.92 Å². The Hall–Kier alpha value is -1.09. The van der Waals surface area contributed by atoms with Gasteiger partial charge in [-0.1, -0.05) is 6.92 Å². The zero-order valence-corrected chi connectivity index (χ0v) is 9.24. The average Bonchev–Trinajstić information content (AvgIpc) is 2.18. The van der Waals surface area contributed by atoms with E-state index in [1.165, 1.54) is 12.8 Å². The van der Waals surface area contributed by atoms with Crippen molar-refractivity contribution in [2.75, 3.05) is 12.3 Å². The first-order valence-corrected chi connectivity index (χ1v) is 5.68. The van der Waals surface area contributed by atoms with E-state index >= 15 is 0 Å². The minimum absolute atomic E-state index is 0.736. The van der Waals surface area contributed by atoms with E-state index in [1.54, 1.807) is 6.20 Å². The molecule has 1 heterocycles. The first-order chi connectivity index (χ1) is 7.24. The summed E-state index contributed by atoms with van der Waals surface area (Å²) in [6.07, 6.45) is 5.37. The van der Waals surface area contributed by atoms with Gasteiger partial charge in [-0.15, -0.1) is 0 Å². The van der Waals surface area contributed by atoms with Crippen molar-refractivity contribution in [1.29, 1.82) is 0 Å². The Morgan fingerprint density at radius 3 is 2.87 bits per heavy atom. The van der Waals surface area contributed by atoms with Gasteiger partial charge in [-0.2, -0.15) is 0 Å². The van der Waals surface area contributed by atoms with E-state index in [9.17, 15) is 0 Å². The number of anilines is 1. The van der Waals surface area contributed by atoms with Crippen LogP contribution in [0.15, 0.2) is 18.3 Å². The van der Waals surface area contributed by atoms with Gasteiger partial charge in [0.05, 0.1) is 11.9 Å². The van der Waals surface area contributed by atoms with Crippen LogP contribution in [-0.2, 0) is 6.42 Å². The van der Waals surface area contributed by atoms with Crippen molar-refractivity contribution in [2.24, 2.45) is 5.92 Å². The number of hydrogen-bond donors (Lipinski definition) is 2. The number of nitrogen functional groups attached to an aromatic ring is 1. The van der Waals surface area contributed by atoms with E-state index in [-0.39, 0.29) is 0 Å². The molecular formula is C12H19N3. The van der Waals surface area contributed by atoms with Gasteiger partial charge >= 0.3 is 0 Å². The Balaban J connectivity index is 1.67. The highest BCUT2D eigenvalue weighted by Crippen LogP contribution is 2.25. The summed E-state index contributed by atoms with van der Waals surface area (Å²) in [5.74, 6) is 0.914. The molecule has 0 aromatic carbocycles. The van der Waals surface area contributed by atoms with Crippen LogP contribution in [0.2, 0.25) is 0 Å². The third-order valence-electron chi connectivity index (χ3n) is 3.04. The maximum Gasteiger partial charge on any atom is 0.0501 e. The molecule has 0 atom stereocenters. The zero-order valence-electron chi connectivity index (χ0n) is 9.24. The summed E-state index contributed by atoms with van der Waals surface area (Å²) in [7, 11) is 0. The third kappa shape index (κ3) is 2.93. The van der Waals surface area contributed by atoms with Crippen molar-refractivity contribution in [3.05, 3.63) is 24.0 Å². The van der Waals surface area contributed by atoms with Gasteiger partial charge in [-0.3, -0.25) is 4.98 Å². The quantitative estimate of drug-likeness (QED) is 0.785. The van der Waals surface area contributed by atoms with Crippen molar-refractivity contribution < 1.29 is 0 Å². The lowest BCUT2D eigenvalue weighted by atomic mass is 9.82. The van der Waals surface area contributed by atoms with Crippen molar-refractivity contribution in [2.45, 2.75) is 32.2 Å². The molecule has 2 rings (SSSR count).